The van der Waals surface area contributed by atoms with Gasteiger partial charge in [-0.3, -0.25) is 5.32 Å². The van der Waals surface area contributed by atoms with E-state index in [0.717, 1.165) is 25.9 Å². The average molecular weight is 360 g/mol. The number of likely N-dealkylation sites (tertiary alicyclic amines) is 1. The lowest BCUT2D eigenvalue weighted by Crippen LogP contribution is -2.46. The van der Waals surface area contributed by atoms with Crippen LogP contribution >= 0.6 is 0 Å². The molecule has 3 rings (SSSR count). The summed E-state index contributed by atoms with van der Waals surface area (Å²) in [5.74, 6) is 1.12. The summed E-state index contributed by atoms with van der Waals surface area (Å²) in [5, 5.41) is 5.64. The summed E-state index contributed by atoms with van der Waals surface area (Å²) in [6.45, 7) is 2.71. The van der Waals surface area contributed by atoms with Crippen LogP contribution in [0.4, 0.5) is 15.5 Å². The molecule has 1 aliphatic carbocycles. The van der Waals surface area contributed by atoms with Crippen molar-refractivity contribution in [1.82, 2.24) is 15.1 Å². The first kappa shape index (κ1) is 18.4. The second-order valence-electron chi connectivity index (χ2n) is 7.03. The van der Waals surface area contributed by atoms with Crippen LogP contribution in [0.25, 0.3) is 0 Å². The van der Waals surface area contributed by atoms with Gasteiger partial charge < -0.3 is 19.5 Å². The number of urea groups is 2. The number of rotatable bonds is 5. The fourth-order valence-corrected chi connectivity index (χ4v) is 3.59. The lowest BCUT2D eigenvalue weighted by molar-refractivity contribution is 0.185. The van der Waals surface area contributed by atoms with Crippen LogP contribution in [0.3, 0.4) is 0 Å². The molecule has 1 aromatic rings. The minimum atomic E-state index is -0.224. The number of fused-ring (bicyclic) bond motifs is 1. The zero-order valence-electron chi connectivity index (χ0n) is 15.4. The van der Waals surface area contributed by atoms with E-state index >= 15 is 0 Å². The van der Waals surface area contributed by atoms with Gasteiger partial charge in [0.2, 0.25) is 5.88 Å². The molecule has 0 saturated carbocycles. The lowest BCUT2D eigenvalue weighted by atomic mass is 9.82. The molecule has 1 fully saturated rings. The van der Waals surface area contributed by atoms with Gasteiger partial charge in [-0.15, -0.1) is 0 Å². The molecule has 1 unspecified atom stereocenters. The fourth-order valence-electron chi connectivity index (χ4n) is 3.59. The monoisotopic (exact) mass is 360 g/mol. The normalized spacial score (nSPS) is 19.3. The zero-order valence-corrected chi connectivity index (χ0v) is 15.4. The Kier molecular flexibility index (Phi) is 6.20. The molecule has 7 heteroatoms. The van der Waals surface area contributed by atoms with Crippen LogP contribution in [0.1, 0.15) is 32.1 Å². The quantitative estimate of drug-likeness (QED) is 0.625. The van der Waals surface area contributed by atoms with Crippen LogP contribution in [-0.4, -0.2) is 55.1 Å². The maximum atomic E-state index is 12.3. The van der Waals surface area contributed by atoms with Crippen molar-refractivity contribution in [2.75, 3.05) is 38.5 Å². The summed E-state index contributed by atoms with van der Waals surface area (Å²) in [4.78, 5) is 27.8. The largest absolute Gasteiger partial charge is 0.449 e. The summed E-state index contributed by atoms with van der Waals surface area (Å²) in [7, 11) is 1.72. The third-order valence-corrected chi connectivity index (χ3v) is 5.14. The minimum Gasteiger partial charge on any atom is -0.449 e. The standard InChI is InChI=1S/C19H28N4O3/c1-22(19(25)21-17-8-4-13-26-17)11-5-10-20-18(24)23-12-9-15-6-2-3-7-16(15)14-23/h4,7-8,13,15H,2-3,5-6,9-12,14H2,1H3,(H,20,24)(H,21,25). The second-order valence-corrected chi connectivity index (χ2v) is 7.03. The van der Waals surface area contributed by atoms with Gasteiger partial charge in [-0.2, -0.15) is 0 Å². The number of carbonyl (C=O) groups excluding carboxylic acids is 2. The number of piperidine rings is 1. The Morgan fingerprint density at radius 3 is 3.08 bits per heavy atom. The first-order chi connectivity index (χ1) is 12.6. The van der Waals surface area contributed by atoms with E-state index in [1.807, 2.05) is 4.90 Å². The summed E-state index contributed by atoms with van der Waals surface area (Å²) < 4.78 is 5.09. The molecule has 0 bridgehead atoms. The summed E-state index contributed by atoms with van der Waals surface area (Å²) in [6.07, 6.45) is 9.31. The van der Waals surface area contributed by atoms with Crippen molar-refractivity contribution in [3.8, 4) is 0 Å². The van der Waals surface area contributed by atoms with Gasteiger partial charge in [-0.25, -0.2) is 9.59 Å². The number of furan rings is 1. The molecule has 2 N–H and O–H groups in total. The molecule has 1 aliphatic heterocycles. The Hall–Kier alpha value is -2.44. The highest BCUT2D eigenvalue weighted by atomic mass is 16.3. The fraction of sp³-hybridized carbons (Fsp3) is 0.579. The Morgan fingerprint density at radius 1 is 1.38 bits per heavy atom. The van der Waals surface area contributed by atoms with Crippen molar-refractivity contribution >= 4 is 17.9 Å². The van der Waals surface area contributed by atoms with Crippen LogP contribution in [0.15, 0.2) is 34.5 Å². The van der Waals surface area contributed by atoms with Gasteiger partial charge >= 0.3 is 12.1 Å². The van der Waals surface area contributed by atoms with Gasteiger partial charge in [0.1, 0.15) is 0 Å². The predicted molar refractivity (Wildman–Crippen MR) is 100.0 cm³/mol. The average Bonchev–Trinajstić information content (AvgIpc) is 3.17. The van der Waals surface area contributed by atoms with Crippen LogP contribution in [-0.2, 0) is 0 Å². The second kappa shape index (κ2) is 8.78. The minimum absolute atomic E-state index is 0.00221. The number of allylic oxidation sites excluding steroid dienone is 1. The molecule has 142 valence electrons. The molecule has 4 amide bonds. The topological polar surface area (TPSA) is 77.8 Å². The number of hydrogen-bond acceptors (Lipinski definition) is 3. The van der Waals surface area contributed by atoms with Gasteiger partial charge in [0.05, 0.1) is 6.26 Å². The van der Waals surface area contributed by atoms with E-state index in [4.69, 9.17) is 4.42 Å². The predicted octanol–water partition coefficient (Wildman–Crippen LogP) is 3.28. The van der Waals surface area contributed by atoms with E-state index in [9.17, 15) is 9.59 Å². The van der Waals surface area contributed by atoms with Crippen LogP contribution in [0.2, 0.25) is 0 Å². The molecule has 2 heterocycles. The van der Waals surface area contributed by atoms with E-state index in [1.165, 1.54) is 24.7 Å². The number of nitrogens with one attached hydrogen (secondary N) is 2. The van der Waals surface area contributed by atoms with Crippen molar-refractivity contribution in [2.45, 2.75) is 32.1 Å². The van der Waals surface area contributed by atoms with Gasteiger partial charge in [0.15, 0.2) is 0 Å². The van der Waals surface area contributed by atoms with Crippen molar-refractivity contribution in [1.29, 1.82) is 0 Å². The molecular formula is C19H28N4O3. The summed E-state index contributed by atoms with van der Waals surface area (Å²) in [6, 6.07) is 3.18. The van der Waals surface area contributed by atoms with E-state index in [-0.39, 0.29) is 12.1 Å². The number of anilines is 1. The molecule has 0 radical (unpaired) electrons. The molecule has 0 spiro atoms. The Balaban J connectivity index is 1.33. The molecule has 1 atom stereocenters. The van der Waals surface area contributed by atoms with E-state index in [2.05, 4.69) is 16.7 Å². The van der Waals surface area contributed by atoms with Crippen molar-refractivity contribution < 1.29 is 14.0 Å². The van der Waals surface area contributed by atoms with Crippen LogP contribution in [0, 0.1) is 5.92 Å². The van der Waals surface area contributed by atoms with E-state index < -0.39 is 0 Å². The van der Waals surface area contributed by atoms with Crippen LogP contribution in [0.5, 0.6) is 0 Å². The highest BCUT2D eigenvalue weighted by Crippen LogP contribution is 2.31. The van der Waals surface area contributed by atoms with Gasteiger partial charge in [-0.05, 0) is 44.1 Å². The Labute approximate surface area is 154 Å². The maximum Gasteiger partial charge on any atom is 0.323 e. The zero-order chi connectivity index (χ0) is 18.4. The number of carbonyl (C=O) groups is 2. The van der Waals surface area contributed by atoms with Crippen molar-refractivity contribution in [3.05, 3.63) is 30.0 Å². The molecule has 1 saturated heterocycles. The molecule has 1 aromatic heterocycles. The summed E-state index contributed by atoms with van der Waals surface area (Å²) >= 11 is 0. The smallest absolute Gasteiger partial charge is 0.323 e. The van der Waals surface area contributed by atoms with Crippen LogP contribution < -0.4 is 10.6 Å². The molecule has 2 aliphatic rings. The van der Waals surface area contributed by atoms with Gasteiger partial charge in [0.25, 0.3) is 0 Å². The van der Waals surface area contributed by atoms with E-state index in [0.29, 0.717) is 31.3 Å². The number of amides is 4. The first-order valence-corrected chi connectivity index (χ1v) is 9.41. The molecule has 0 aromatic carbocycles. The summed E-state index contributed by atoms with van der Waals surface area (Å²) in [5.41, 5.74) is 1.44. The molecular weight excluding hydrogens is 332 g/mol. The maximum absolute atomic E-state index is 12.3. The highest BCUT2D eigenvalue weighted by molar-refractivity contribution is 5.87. The van der Waals surface area contributed by atoms with Crippen molar-refractivity contribution in [2.24, 2.45) is 5.92 Å². The first-order valence-electron chi connectivity index (χ1n) is 9.41. The lowest BCUT2D eigenvalue weighted by Gasteiger charge is -2.36. The SMILES string of the molecule is CN(CCCNC(=O)N1CCC2CCCC=C2C1)C(=O)Nc1ccco1. The Morgan fingerprint density at radius 2 is 2.27 bits per heavy atom. The molecule has 26 heavy (non-hydrogen) atoms. The molecule has 7 nitrogen and oxygen atoms in total. The third kappa shape index (κ3) is 4.80. The number of hydrogen-bond donors (Lipinski definition) is 2. The van der Waals surface area contributed by atoms with E-state index in [1.54, 1.807) is 24.1 Å². The van der Waals surface area contributed by atoms with Gasteiger partial charge in [-0.1, -0.05) is 11.6 Å². The Bertz CT molecular complexity index is 641. The third-order valence-electron chi connectivity index (χ3n) is 5.14. The number of nitrogens with zero attached hydrogens (tertiary/aromatic N) is 2. The highest BCUT2D eigenvalue weighted by Gasteiger charge is 2.27. The van der Waals surface area contributed by atoms with Gasteiger partial charge in [0, 0.05) is 39.3 Å². The van der Waals surface area contributed by atoms with Crippen molar-refractivity contribution in [3.63, 3.8) is 0 Å².